The van der Waals surface area contributed by atoms with Crippen molar-refractivity contribution in [3.8, 4) is 0 Å². The van der Waals surface area contributed by atoms with Gasteiger partial charge in [0.2, 0.25) is 5.91 Å². The quantitative estimate of drug-likeness (QED) is 0.815. The van der Waals surface area contributed by atoms with E-state index in [1.54, 1.807) is 4.90 Å². The van der Waals surface area contributed by atoms with Gasteiger partial charge in [-0.05, 0) is 33.0 Å². The molecule has 1 N–H and O–H groups in total. The number of hydrogen-bond acceptors (Lipinski definition) is 2. The van der Waals surface area contributed by atoms with Crippen LogP contribution in [0, 0.1) is 0 Å². The van der Waals surface area contributed by atoms with Crippen LogP contribution >= 0.6 is 0 Å². The highest BCUT2D eigenvalue weighted by Crippen LogP contribution is 2.12. The monoisotopic (exact) mass is 223 g/mol. The predicted octanol–water partition coefficient (Wildman–Crippen LogP) is 1.25. The van der Waals surface area contributed by atoms with Crippen LogP contribution < -0.4 is 5.32 Å². The second-order valence-corrected chi connectivity index (χ2v) is 3.98. The first-order chi connectivity index (χ1) is 7.60. The Bertz CT molecular complexity index is 346. The fraction of sp³-hybridized carbons (Fsp3) is 0.583. The minimum absolute atomic E-state index is 0.142. The number of likely N-dealkylation sites (N-methyl/N-ethyl adjacent to an activating group) is 1. The maximum absolute atomic E-state index is 11.8. The highest BCUT2D eigenvalue weighted by molar-refractivity contribution is 5.75. The Hall–Kier alpha value is -1.29. The number of hydrogen-bond donors (Lipinski definition) is 1. The zero-order valence-corrected chi connectivity index (χ0v) is 10.5. The van der Waals surface area contributed by atoms with Gasteiger partial charge in [0.15, 0.2) is 0 Å². The number of rotatable bonds is 5. The molecule has 0 spiro atoms. The number of nitrogens with one attached hydrogen (secondary N) is 1. The van der Waals surface area contributed by atoms with Gasteiger partial charge in [-0.2, -0.15) is 0 Å². The highest BCUT2D eigenvalue weighted by Gasteiger charge is 2.12. The van der Waals surface area contributed by atoms with Crippen molar-refractivity contribution in [3.63, 3.8) is 0 Å². The fourth-order valence-corrected chi connectivity index (χ4v) is 1.56. The van der Waals surface area contributed by atoms with Crippen LogP contribution in [0.2, 0.25) is 0 Å². The van der Waals surface area contributed by atoms with Crippen molar-refractivity contribution in [1.82, 2.24) is 14.8 Å². The second-order valence-electron chi connectivity index (χ2n) is 3.98. The molecule has 1 unspecified atom stereocenters. The summed E-state index contributed by atoms with van der Waals surface area (Å²) >= 11 is 0. The summed E-state index contributed by atoms with van der Waals surface area (Å²) in [7, 11) is 3.75. The number of nitrogens with zero attached hydrogens (tertiary/aromatic N) is 2. The Morgan fingerprint density at radius 1 is 1.62 bits per heavy atom. The number of amides is 1. The topological polar surface area (TPSA) is 37.3 Å². The maximum atomic E-state index is 11.8. The van der Waals surface area contributed by atoms with Crippen LogP contribution in [0.4, 0.5) is 0 Å². The van der Waals surface area contributed by atoms with E-state index in [0.717, 1.165) is 12.2 Å². The number of carbonyl (C=O) groups is 1. The Morgan fingerprint density at radius 3 is 2.88 bits per heavy atom. The molecule has 4 nitrogen and oxygen atoms in total. The molecule has 4 heteroatoms. The summed E-state index contributed by atoms with van der Waals surface area (Å²) in [6.45, 7) is 5.22. The third-order valence-corrected chi connectivity index (χ3v) is 2.95. The lowest BCUT2D eigenvalue weighted by Gasteiger charge is -2.18. The van der Waals surface area contributed by atoms with E-state index in [2.05, 4.69) is 12.2 Å². The molecular formula is C12H21N3O. The molecule has 0 fully saturated rings. The summed E-state index contributed by atoms with van der Waals surface area (Å²) in [6.07, 6.45) is 1.95. The molecule has 16 heavy (non-hydrogen) atoms. The lowest BCUT2D eigenvalue weighted by molar-refractivity contribution is -0.130. The molecule has 0 aliphatic carbocycles. The van der Waals surface area contributed by atoms with Crippen molar-refractivity contribution in [1.29, 1.82) is 0 Å². The van der Waals surface area contributed by atoms with Crippen molar-refractivity contribution in [2.75, 3.05) is 20.6 Å². The molecule has 0 saturated heterocycles. The highest BCUT2D eigenvalue weighted by atomic mass is 16.2. The first-order valence-corrected chi connectivity index (χ1v) is 5.66. The van der Waals surface area contributed by atoms with Crippen molar-refractivity contribution in [2.45, 2.75) is 26.4 Å². The van der Waals surface area contributed by atoms with Crippen LogP contribution in [-0.4, -0.2) is 36.0 Å². The molecule has 0 aliphatic heterocycles. The molecule has 0 radical (unpaired) electrons. The molecule has 1 amide bonds. The number of aromatic nitrogens is 1. The van der Waals surface area contributed by atoms with Gasteiger partial charge in [-0.25, -0.2) is 0 Å². The van der Waals surface area contributed by atoms with Gasteiger partial charge in [-0.3, -0.25) is 4.79 Å². The van der Waals surface area contributed by atoms with Crippen LogP contribution in [0.3, 0.4) is 0 Å². The van der Waals surface area contributed by atoms with Crippen LogP contribution in [-0.2, 0) is 11.3 Å². The summed E-state index contributed by atoms with van der Waals surface area (Å²) in [5.74, 6) is 0.142. The maximum Gasteiger partial charge on any atom is 0.242 e. The normalized spacial score (nSPS) is 12.5. The fourth-order valence-electron chi connectivity index (χ4n) is 1.56. The van der Waals surface area contributed by atoms with Crippen LogP contribution in [0.25, 0.3) is 0 Å². The molecule has 1 heterocycles. The first-order valence-electron chi connectivity index (χ1n) is 5.66. The molecule has 90 valence electrons. The molecule has 0 aliphatic rings. The molecule has 1 rings (SSSR count). The van der Waals surface area contributed by atoms with Crippen LogP contribution in [0.1, 0.15) is 25.6 Å². The van der Waals surface area contributed by atoms with Crippen molar-refractivity contribution in [3.05, 3.63) is 24.0 Å². The van der Waals surface area contributed by atoms with E-state index in [1.807, 2.05) is 43.9 Å². The van der Waals surface area contributed by atoms with E-state index in [9.17, 15) is 4.79 Å². The molecule has 1 aromatic rings. The Kier molecular flexibility index (Phi) is 4.55. The number of carbonyl (C=O) groups excluding carboxylic acids is 1. The van der Waals surface area contributed by atoms with Crippen molar-refractivity contribution < 1.29 is 4.79 Å². The van der Waals surface area contributed by atoms with Gasteiger partial charge in [0.25, 0.3) is 0 Å². The van der Waals surface area contributed by atoms with Gasteiger partial charge in [-0.15, -0.1) is 0 Å². The van der Waals surface area contributed by atoms with E-state index in [0.29, 0.717) is 6.54 Å². The third-order valence-electron chi connectivity index (χ3n) is 2.95. The van der Waals surface area contributed by atoms with E-state index >= 15 is 0 Å². The zero-order valence-electron chi connectivity index (χ0n) is 10.5. The van der Waals surface area contributed by atoms with Gasteiger partial charge in [0.1, 0.15) is 6.54 Å². The van der Waals surface area contributed by atoms with E-state index in [4.69, 9.17) is 0 Å². The standard InChI is InChI=1S/C12H21N3O/c1-5-14(4)12(16)9-15-8-6-7-11(15)10(2)13-3/h6-8,10,13H,5,9H2,1-4H3. The van der Waals surface area contributed by atoms with E-state index < -0.39 is 0 Å². The van der Waals surface area contributed by atoms with Gasteiger partial charge in [-0.1, -0.05) is 0 Å². The first kappa shape index (κ1) is 12.8. The minimum Gasteiger partial charge on any atom is -0.344 e. The van der Waals surface area contributed by atoms with E-state index in [-0.39, 0.29) is 11.9 Å². The molecule has 0 bridgehead atoms. The Balaban J connectivity index is 2.74. The Labute approximate surface area is 97.2 Å². The van der Waals surface area contributed by atoms with Gasteiger partial charge in [0, 0.05) is 31.5 Å². The summed E-state index contributed by atoms with van der Waals surface area (Å²) in [5.41, 5.74) is 1.14. The molecule has 1 aromatic heterocycles. The van der Waals surface area contributed by atoms with Crippen LogP contribution in [0.5, 0.6) is 0 Å². The molecular weight excluding hydrogens is 202 g/mol. The van der Waals surface area contributed by atoms with E-state index in [1.165, 1.54) is 0 Å². The largest absolute Gasteiger partial charge is 0.344 e. The smallest absolute Gasteiger partial charge is 0.242 e. The summed E-state index contributed by atoms with van der Waals surface area (Å²) in [4.78, 5) is 13.5. The molecule has 0 saturated carbocycles. The van der Waals surface area contributed by atoms with Crippen LogP contribution in [0.15, 0.2) is 18.3 Å². The SMILES string of the molecule is CCN(C)C(=O)Cn1cccc1C(C)NC. The summed E-state index contributed by atoms with van der Waals surface area (Å²) < 4.78 is 2.00. The third kappa shape index (κ3) is 2.85. The summed E-state index contributed by atoms with van der Waals surface area (Å²) in [5, 5.41) is 3.18. The van der Waals surface area contributed by atoms with Gasteiger partial charge < -0.3 is 14.8 Å². The average molecular weight is 223 g/mol. The van der Waals surface area contributed by atoms with Gasteiger partial charge >= 0.3 is 0 Å². The van der Waals surface area contributed by atoms with Crippen molar-refractivity contribution >= 4 is 5.91 Å². The molecule has 0 aromatic carbocycles. The second kappa shape index (κ2) is 5.70. The van der Waals surface area contributed by atoms with Crippen molar-refractivity contribution in [2.24, 2.45) is 0 Å². The molecule has 1 atom stereocenters. The predicted molar refractivity (Wildman–Crippen MR) is 65.2 cm³/mol. The average Bonchev–Trinajstić information content (AvgIpc) is 2.74. The van der Waals surface area contributed by atoms with Gasteiger partial charge in [0.05, 0.1) is 0 Å². The Morgan fingerprint density at radius 2 is 2.31 bits per heavy atom. The minimum atomic E-state index is 0.142. The zero-order chi connectivity index (χ0) is 12.1. The lowest BCUT2D eigenvalue weighted by atomic mass is 10.2. The lowest BCUT2D eigenvalue weighted by Crippen LogP contribution is -2.30. The summed E-state index contributed by atoms with van der Waals surface area (Å²) in [6, 6.07) is 4.28.